The van der Waals surface area contributed by atoms with E-state index in [1.165, 1.54) is 17.3 Å². The predicted molar refractivity (Wildman–Crippen MR) is 237 cm³/mol. The lowest BCUT2D eigenvalue weighted by Crippen LogP contribution is -2.60. The fraction of sp³-hybridized carbons (Fsp3) is 0.269. The molecule has 5 atom stereocenters. The van der Waals surface area contributed by atoms with Crippen molar-refractivity contribution in [3.05, 3.63) is 209 Å². The van der Waals surface area contributed by atoms with Crippen molar-refractivity contribution < 1.29 is 38.0 Å². The minimum atomic E-state index is -0.790. The highest BCUT2D eigenvalue weighted by Crippen LogP contribution is 2.38. The quantitative estimate of drug-likeness (QED) is 0.0833. The normalized spacial score (nSPS) is 18.9. The first-order chi connectivity index (χ1) is 29.7. The third-order valence-electron chi connectivity index (χ3n) is 10.4. The van der Waals surface area contributed by atoms with Gasteiger partial charge in [-0.25, -0.2) is 9.59 Å². The van der Waals surface area contributed by atoms with E-state index in [1.807, 2.05) is 146 Å². The zero-order valence-electron chi connectivity index (χ0n) is 34.8. The van der Waals surface area contributed by atoms with Crippen molar-refractivity contribution in [2.75, 3.05) is 6.61 Å². The van der Waals surface area contributed by atoms with Crippen LogP contribution in [0.3, 0.4) is 0 Å². The second-order valence-electron chi connectivity index (χ2n) is 15.9. The van der Waals surface area contributed by atoms with Crippen LogP contribution in [0, 0.1) is 0 Å². The summed E-state index contributed by atoms with van der Waals surface area (Å²) in [5.74, 6) is -1.32. The highest BCUT2D eigenvalue weighted by molar-refractivity contribution is 7.99. The molecule has 0 radical (unpaired) electrons. The molecule has 0 aromatic heterocycles. The molecule has 1 fully saturated rings. The average molecular weight is 837 g/mol. The van der Waals surface area contributed by atoms with Crippen LogP contribution in [0.25, 0.3) is 0 Å². The van der Waals surface area contributed by atoms with Crippen LogP contribution < -0.4 is 0 Å². The van der Waals surface area contributed by atoms with Gasteiger partial charge in [0, 0.05) is 4.90 Å². The van der Waals surface area contributed by atoms with Crippen molar-refractivity contribution in [1.29, 1.82) is 0 Å². The third kappa shape index (κ3) is 12.3. The monoisotopic (exact) mass is 836 g/mol. The SMILES string of the molecule is CC(C)(C)c1ccc(COC(=O)c2ccccc2C(=O)OC[C@H]2O[C@H](Sc3ccccc3)[C@H](OCc3ccccc3)[C@@H](OCc3ccccc3)[C@@H]2OCc2ccccc2)cc1. The molecule has 9 heteroatoms. The van der Waals surface area contributed by atoms with Gasteiger partial charge in [0.1, 0.15) is 43.1 Å². The van der Waals surface area contributed by atoms with E-state index in [2.05, 4.69) is 20.8 Å². The van der Waals surface area contributed by atoms with Gasteiger partial charge < -0.3 is 28.4 Å². The Labute approximate surface area is 363 Å². The van der Waals surface area contributed by atoms with Crippen molar-refractivity contribution in [1.82, 2.24) is 0 Å². The fourth-order valence-corrected chi connectivity index (χ4v) is 8.16. The van der Waals surface area contributed by atoms with Gasteiger partial charge in [-0.3, -0.25) is 0 Å². The number of hydrogen-bond acceptors (Lipinski definition) is 9. The van der Waals surface area contributed by atoms with Gasteiger partial charge in [-0.1, -0.05) is 178 Å². The van der Waals surface area contributed by atoms with Crippen molar-refractivity contribution in [2.45, 2.75) is 87.4 Å². The Bertz CT molecular complexity index is 2260. The summed E-state index contributed by atoms with van der Waals surface area (Å²) in [6, 6.07) is 54.2. The summed E-state index contributed by atoms with van der Waals surface area (Å²) in [6.07, 6.45) is -2.80. The van der Waals surface area contributed by atoms with Gasteiger partial charge in [0.25, 0.3) is 0 Å². The van der Waals surface area contributed by atoms with Crippen LogP contribution in [0.1, 0.15) is 69.3 Å². The lowest BCUT2D eigenvalue weighted by Gasteiger charge is -2.45. The predicted octanol–water partition coefficient (Wildman–Crippen LogP) is 10.8. The number of esters is 2. The molecule has 1 aliphatic heterocycles. The average Bonchev–Trinajstić information content (AvgIpc) is 3.29. The van der Waals surface area contributed by atoms with Gasteiger partial charge >= 0.3 is 11.9 Å². The Morgan fingerprint density at radius 1 is 0.492 bits per heavy atom. The molecule has 0 amide bonds. The maximum absolute atomic E-state index is 14.0. The highest BCUT2D eigenvalue weighted by atomic mass is 32.2. The van der Waals surface area contributed by atoms with E-state index in [4.69, 9.17) is 28.4 Å². The van der Waals surface area contributed by atoms with Crippen LogP contribution in [0.15, 0.2) is 175 Å². The maximum Gasteiger partial charge on any atom is 0.339 e. The molecule has 6 aromatic rings. The summed E-state index contributed by atoms with van der Waals surface area (Å²) in [6.45, 7) is 7.16. The smallest absolute Gasteiger partial charge is 0.339 e. The maximum atomic E-state index is 14.0. The van der Waals surface area contributed by atoms with Crippen LogP contribution in [0.4, 0.5) is 0 Å². The molecule has 1 saturated heterocycles. The van der Waals surface area contributed by atoms with Gasteiger partial charge in [-0.05, 0) is 57.5 Å². The van der Waals surface area contributed by atoms with Gasteiger partial charge in [0.15, 0.2) is 0 Å². The van der Waals surface area contributed by atoms with Crippen molar-refractivity contribution in [3.8, 4) is 0 Å². The second-order valence-corrected chi connectivity index (χ2v) is 17.1. The van der Waals surface area contributed by atoms with Crippen molar-refractivity contribution >= 4 is 23.7 Å². The van der Waals surface area contributed by atoms with Crippen LogP contribution in [-0.4, -0.2) is 48.4 Å². The van der Waals surface area contributed by atoms with Crippen LogP contribution in [-0.2, 0) is 60.3 Å². The van der Waals surface area contributed by atoms with E-state index in [-0.39, 0.29) is 43.0 Å². The molecule has 0 bridgehead atoms. The minimum Gasteiger partial charge on any atom is -0.459 e. The molecule has 1 aliphatic rings. The first-order valence-corrected chi connectivity index (χ1v) is 21.5. The minimum absolute atomic E-state index is 0.000795. The molecule has 0 aliphatic carbocycles. The Morgan fingerprint density at radius 2 is 0.918 bits per heavy atom. The third-order valence-corrected chi connectivity index (χ3v) is 11.5. The lowest BCUT2D eigenvalue weighted by molar-refractivity contribution is -0.251. The molecule has 0 N–H and O–H groups in total. The first-order valence-electron chi connectivity index (χ1n) is 20.6. The summed E-state index contributed by atoms with van der Waals surface area (Å²) in [4.78, 5) is 28.5. The highest BCUT2D eigenvalue weighted by Gasteiger charge is 2.49. The number of carbonyl (C=O) groups excluding carboxylic acids is 2. The number of ether oxygens (including phenoxy) is 6. The second kappa shape index (κ2) is 21.3. The largest absolute Gasteiger partial charge is 0.459 e. The van der Waals surface area contributed by atoms with E-state index in [0.717, 1.165) is 27.1 Å². The van der Waals surface area contributed by atoms with Crippen LogP contribution in [0.2, 0.25) is 0 Å². The van der Waals surface area contributed by atoms with Crippen molar-refractivity contribution in [2.24, 2.45) is 0 Å². The Morgan fingerprint density at radius 3 is 1.43 bits per heavy atom. The van der Waals surface area contributed by atoms with E-state index in [9.17, 15) is 9.59 Å². The topological polar surface area (TPSA) is 89.5 Å². The molecule has 61 heavy (non-hydrogen) atoms. The van der Waals surface area contributed by atoms with E-state index in [1.54, 1.807) is 24.3 Å². The molecule has 0 spiro atoms. The van der Waals surface area contributed by atoms with Crippen LogP contribution in [0.5, 0.6) is 0 Å². The summed E-state index contributed by atoms with van der Waals surface area (Å²) in [7, 11) is 0. The summed E-state index contributed by atoms with van der Waals surface area (Å²) in [5, 5.41) is 0. The summed E-state index contributed by atoms with van der Waals surface area (Å²) in [5.41, 5.74) is 4.57. The summed E-state index contributed by atoms with van der Waals surface area (Å²) >= 11 is 1.51. The lowest BCUT2D eigenvalue weighted by atomic mass is 9.87. The molecule has 1 heterocycles. The number of hydrogen-bond donors (Lipinski definition) is 0. The number of carbonyl (C=O) groups is 2. The fourth-order valence-electron chi connectivity index (χ4n) is 7.01. The number of thioether (sulfide) groups is 1. The molecule has 314 valence electrons. The zero-order chi connectivity index (χ0) is 42.4. The van der Waals surface area contributed by atoms with Gasteiger partial charge in [-0.15, -0.1) is 0 Å². The zero-order valence-corrected chi connectivity index (χ0v) is 35.6. The van der Waals surface area contributed by atoms with Crippen LogP contribution >= 0.6 is 11.8 Å². The number of rotatable bonds is 17. The van der Waals surface area contributed by atoms with E-state index < -0.39 is 41.8 Å². The first kappa shape index (κ1) is 43.5. The Hall–Kier alpha value is -5.55. The molecular weight excluding hydrogens is 785 g/mol. The van der Waals surface area contributed by atoms with Gasteiger partial charge in [0.05, 0.1) is 30.9 Å². The van der Waals surface area contributed by atoms with Gasteiger partial charge in [-0.2, -0.15) is 0 Å². The molecule has 6 aromatic carbocycles. The molecule has 7 rings (SSSR count). The van der Waals surface area contributed by atoms with E-state index >= 15 is 0 Å². The Kier molecular flexibility index (Phi) is 15.2. The molecule has 8 nitrogen and oxygen atoms in total. The molecule has 0 saturated carbocycles. The van der Waals surface area contributed by atoms with Crippen molar-refractivity contribution in [3.63, 3.8) is 0 Å². The summed E-state index contributed by atoms with van der Waals surface area (Å²) < 4.78 is 39.1. The standard InChI is InChI=1S/C52H52O8S/c1-52(2,3)41-30-28-40(29-31-41)35-58-49(53)43-26-16-17-27-44(43)50(54)59-36-45-46(55-32-37-18-8-4-9-19-37)47(56-33-38-20-10-5-11-21-38)48(57-34-39-22-12-6-13-23-39)51(60-45)61-42-24-14-7-15-25-42/h4-31,45-48,51H,32-36H2,1-3H3/t45-,46-,47+,48-,51-/m1/s1. The Balaban J connectivity index is 1.15. The molecular formula is C52H52O8S. The number of benzene rings is 6. The van der Waals surface area contributed by atoms with E-state index in [0.29, 0.717) is 6.61 Å². The molecule has 0 unspecified atom stereocenters. The van der Waals surface area contributed by atoms with Gasteiger partial charge in [0.2, 0.25) is 0 Å².